The molecule has 21 heavy (non-hydrogen) atoms. The normalized spacial score (nSPS) is 10.2. The zero-order valence-corrected chi connectivity index (χ0v) is 11.2. The van der Waals surface area contributed by atoms with Gasteiger partial charge in [0.25, 0.3) is 0 Å². The zero-order chi connectivity index (χ0) is 15.4. The minimum atomic E-state index is -0.565. The molecule has 5 nitrogen and oxygen atoms in total. The number of hydrogen-bond acceptors (Lipinski definition) is 4. The van der Waals surface area contributed by atoms with Crippen LogP contribution in [0.15, 0.2) is 42.5 Å². The number of carbonyl (C=O) groups is 1. The number of benzene rings is 2. The standard InChI is InChI=1S/C15H12FNO4/c1-10-3-2-4-13(17(19)20)15(10)21-9-14(18)11-5-7-12(16)8-6-11/h2-8H,9H2,1H3. The van der Waals surface area contributed by atoms with Crippen molar-refractivity contribution in [3.63, 3.8) is 0 Å². The minimum absolute atomic E-state index is 0.0676. The van der Waals surface area contributed by atoms with Crippen LogP contribution in [0.1, 0.15) is 15.9 Å². The van der Waals surface area contributed by atoms with Gasteiger partial charge in [0.1, 0.15) is 5.82 Å². The summed E-state index contributed by atoms with van der Waals surface area (Å²) in [7, 11) is 0. The van der Waals surface area contributed by atoms with Crippen LogP contribution in [-0.2, 0) is 0 Å². The SMILES string of the molecule is Cc1cccc([N+](=O)[O-])c1OCC(=O)c1ccc(F)cc1. The summed E-state index contributed by atoms with van der Waals surface area (Å²) in [5.74, 6) is -0.757. The molecule has 0 unspecified atom stereocenters. The Bertz CT molecular complexity index is 683. The molecule has 0 aliphatic heterocycles. The first-order valence-electron chi connectivity index (χ1n) is 6.14. The Morgan fingerprint density at radius 2 is 1.90 bits per heavy atom. The van der Waals surface area contributed by atoms with E-state index in [-0.39, 0.29) is 29.4 Å². The molecule has 2 rings (SSSR count). The van der Waals surface area contributed by atoms with Gasteiger partial charge >= 0.3 is 5.69 Å². The van der Waals surface area contributed by atoms with Gasteiger partial charge in [-0.25, -0.2) is 4.39 Å². The van der Waals surface area contributed by atoms with Crippen LogP contribution in [0.5, 0.6) is 5.75 Å². The van der Waals surface area contributed by atoms with Crippen molar-refractivity contribution in [3.8, 4) is 5.75 Å². The Labute approximate surface area is 120 Å². The maximum absolute atomic E-state index is 12.8. The molecule has 0 heterocycles. The molecule has 0 amide bonds. The fraction of sp³-hybridized carbons (Fsp3) is 0.133. The van der Waals surface area contributed by atoms with Gasteiger partial charge < -0.3 is 4.74 Å². The third-order valence-electron chi connectivity index (χ3n) is 2.90. The van der Waals surface area contributed by atoms with E-state index in [0.29, 0.717) is 5.56 Å². The molecule has 0 aliphatic carbocycles. The van der Waals surface area contributed by atoms with E-state index in [4.69, 9.17) is 4.74 Å². The second-order valence-corrected chi connectivity index (χ2v) is 4.40. The third-order valence-corrected chi connectivity index (χ3v) is 2.90. The summed E-state index contributed by atoms with van der Waals surface area (Å²) < 4.78 is 18.1. The van der Waals surface area contributed by atoms with Crippen molar-refractivity contribution in [2.45, 2.75) is 6.92 Å². The lowest BCUT2D eigenvalue weighted by Gasteiger charge is -2.08. The summed E-state index contributed by atoms with van der Waals surface area (Å²) in [4.78, 5) is 22.3. The number of nitrogens with zero attached hydrogens (tertiary/aromatic N) is 1. The summed E-state index contributed by atoms with van der Waals surface area (Å²) in [5.41, 5.74) is 0.658. The van der Waals surface area contributed by atoms with Crippen LogP contribution < -0.4 is 4.74 Å². The number of halogens is 1. The molecule has 0 aliphatic rings. The lowest BCUT2D eigenvalue weighted by atomic mass is 10.1. The Hall–Kier alpha value is -2.76. The van der Waals surface area contributed by atoms with E-state index in [2.05, 4.69) is 0 Å². The van der Waals surface area contributed by atoms with Crippen molar-refractivity contribution < 1.29 is 18.8 Å². The molecule has 2 aromatic rings. The maximum Gasteiger partial charge on any atom is 0.311 e. The first kappa shape index (κ1) is 14.6. The van der Waals surface area contributed by atoms with Gasteiger partial charge in [-0.05, 0) is 36.8 Å². The summed E-state index contributed by atoms with van der Waals surface area (Å²) >= 11 is 0. The number of nitro benzene ring substituents is 1. The number of nitro groups is 1. The Balaban J connectivity index is 2.15. The van der Waals surface area contributed by atoms with Crippen molar-refractivity contribution in [3.05, 3.63) is 69.5 Å². The quantitative estimate of drug-likeness (QED) is 0.481. The average Bonchev–Trinajstić information content (AvgIpc) is 2.46. The van der Waals surface area contributed by atoms with Crippen molar-refractivity contribution in [1.82, 2.24) is 0 Å². The molecule has 2 aromatic carbocycles. The largest absolute Gasteiger partial charge is 0.478 e. The fourth-order valence-corrected chi connectivity index (χ4v) is 1.83. The molecule has 0 aromatic heterocycles. The summed E-state index contributed by atoms with van der Waals surface area (Å²) in [6.45, 7) is 1.31. The van der Waals surface area contributed by atoms with Crippen LogP contribution in [0.3, 0.4) is 0 Å². The number of ketones is 1. The number of carbonyl (C=O) groups excluding carboxylic acids is 1. The molecular weight excluding hydrogens is 277 g/mol. The van der Waals surface area contributed by atoms with Crippen LogP contribution in [0.2, 0.25) is 0 Å². The average molecular weight is 289 g/mol. The first-order valence-corrected chi connectivity index (χ1v) is 6.14. The lowest BCUT2D eigenvalue weighted by molar-refractivity contribution is -0.385. The van der Waals surface area contributed by atoms with Crippen molar-refractivity contribution in [1.29, 1.82) is 0 Å². The maximum atomic E-state index is 12.8. The van der Waals surface area contributed by atoms with Gasteiger partial charge in [0.05, 0.1) is 4.92 Å². The molecule has 0 spiro atoms. The minimum Gasteiger partial charge on any atom is -0.478 e. The Kier molecular flexibility index (Phi) is 4.27. The topological polar surface area (TPSA) is 69.4 Å². The zero-order valence-electron chi connectivity index (χ0n) is 11.2. The summed E-state index contributed by atoms with van der Waals surface area (Å²) in [6.07, 6.45) is 0. The summed E-state index contributed by atoms with van der Waals surface area (Å²) in [5, 5.41) is 10.9. The Morgan fingerprint density at radius 1 is 1.24 bits per heavy atom. The van der Waals surface area contributed by atoms with Crippen LogP contribution in [0.4, 0.5) is 10.1 Å². The van der Waals surface area contributed by atoms with E-state index < -0.39 is 10.7 Å². The van der Waals surface area contributed by atoms with E-state index >= 15 is 0 Å². The molecule has 0 saturated heterocycles. The predicted octanol–water partition coefficient (Wildman–Crippen LogP) is 3.30. The first-order chi connectivity index (χ1) is 9.99. The van der Waals surface area contributed by atoms with Crippen LogP contribution in [-0.4, -0.2) is 17.3 Å². The molecule has 0 N–H and O–H groups in total. The highest BCUT2D eigenvalue weighted by Crippen LogP contribution is 2.30. The predicted molar refractivity (Wildman–Crippen MR) is 74.1 cm³/mol. The van der Waals surface area contributed by atoms with Crippen LogP contribution in [0.25, 0.3) is 0 Å². The monoisotopic (exact) mass is 289 g/mol. The molecule has 108 valence electrons. The van der Waals surface area contributed by atoms with Gasteiger partial charge in [0.15, 0.2) is 12.4 Å². The van der Waals surface area contributed by atoms with Crippen molar-refractivity contribution in [2.24, 2.45) is 0 Å². The van der Waals surface area contributed by atoms with Crippen molar-refractivity contribution in [2.75, 3.05) is 6.61 Å². The number of Topliss-reactive ketones (excluding diaryl/α,β-unsaturated/α-hetero) is 1. The van der Waals surface area contributed by atoms with Gasteiger partial charge in [-0.2, -0.15) is 0 Å². The number of ether oxygens (including phenoxy) is 1. The summed E-state index contributed by atoms with van der Waals surface area (Å²) in [6, 6.07) is 9.53. The number of hydrogen-bond donors (Lipinski definition) is 0. The highest BCUT2D eigenvalue weighted by atomic mass is 19.1. The van der Waals surface area contributed by atoms with E-state index in [1.54, 1.807) is 19.1 Å². The smallest absolute Gasteiger partial charge is 0.311 e. The molecule has 0 saturated carbocycles. The second-order valence-electron chi connectivity index (χ2n) is 4.40. The second kappa shape index (κ2) is 6.13. The molecule has 6 heteroatoms. The molecule has 0 atom stereocenters. The van der Waals surface area contributed by atoms with Gasteiger partial charge in [-0.3, -0.25) is 14.9 Å². The third kappa shape index (κ3) is 3.42. The number of aryl methyl sites for hydroxylation is 1. The highest BCUT2D eigenvalue weighted by molar-refractivity contribution is 5.97. The van der Waals surface area contributed by atoms with E-state index in [1.165, 1.54) is 30.3 Å². The van der Waals surface area contributed by atoms with Crippen LogP contribution >= 0.6 is 0 Å². The van der Waals surface area contributed by atoms with Gasteiger partial charge in [-0.1, -0.05) is 12.1 Å². The molecule has 0 radical (unpaired) electrons. The fourth-order valence-electron chi connectivity index (χ4n) is 1.83. The number of rotatable bonds is 5. The van der Waals surface area contributed by atoms with E-state index in [0.717, 1.165) is 0 Å². The van der Waals surface area contributed by atoms with Gasteiger partial charge in [0, 0.05) is 11.6 Å². The van der Waals surface area contributed by atoms with Gasteiger partial charge in [0.2, 0.25) is 5.75 Å². The number of para-hydroxylation sites is 1. The lowest BCUT2D eigenvalue weighted by Crippen LogP contribution is -2.13. The molecule has 0 bridgehead atoms. The van der Waals surface area contributed by atoms with Gasteiger partial charge in [-0.15, -0.1) is 0 Å². The van der Waals surface area contributed by atoms with E-state index in [1.807, 2.05) is 0 Å². The molecular formula is C15H12FNO4. The van der Waals surface area contributed by atoms with Crippen molar-refractivity contribution >= 4 is 11.5 Å². The highest BCUT2D eigenvalue weighted by Gasteiger charge is 2.18. The Morgan fingerprint density at radius 3 is 2.52 bits per heavy atom. The molecule has 0 fully saturated rings. The van der Waals surface area contributed by atoms with Crippen LogP contribution in [0, 0.1) is 22.9 Å². The van der Waals surface area contributed by atoms with E-state index in [9.17, 15) is 19.3 Å².